The molecule has 8 heteroatoms. The lowest BCUT2D eigenvalue weighted by molar-refractivity contribution is -0.157. The number of piperazine rings is 1. The predicted molar refractivity (Wildman–Crippen MR) is 97.7 cm³/mol. The van der Waals surface area contributed by atoms with Crippen LogP contribution in [0.5, 0.6) is 0 Å². The Kier molecular flexibility index (Phi) is 4.71. The van der Waals surface area contributed by atoms with Crippen molar-refractivity contribution in [3.63, 3.8) is 0 Å². The lowest BCUT2D eigenvalue weighted by atomic mass is 9.73. The number of carbonyl (C=O) groups excluding carboxylic acids is 1. The number of hydrogen-bond donors (Lipinski definition) is 1. The van der Waals surface area contributed by atoms with Gasteiger partial charge in [-0.15, -0.1) is 0 Å². The maximum atomic E-state index is 13.0. The van der Waals surface area contributed by atoms with E-state index < -0.39 is 27.8 Å². The Morgan fingerprint density at radius 3 is 2.26 bits per heavy atom. The summed E-state index contributed by atoms with van der Waals surface area (Å²) < 4.78 is 27.3. The molecule has 1 amide bonds. The van der Waals surface area contributed by atoms with Crippen LogP contribution in [0.15, 0.2) is 23.1 Å². The molecule has 0 bridgehead atoms. The zero-order chi connectivity index (χ0) is 19.2. The molecule has 2 atom stereocenters. The van der Waals surface area contributed by atoms with Crippen LogP contribution in [0.2, 0.25) is 0 Å². The van der Waals surface area contributed by atoms with Gasteiger partial charge in [0, 0.05) is 26.2 Å². The number of carboxylic acids is 1. The summed E-state index contributed by atoms with van der Waals surface area (Å²) in [5.41, 5.74) is 2.35. The summed E-state index contributed by atoms with van der Waals surface area (Å²) in [6.07, 6.45) is 4.14. The third-order valence-electron chi connectivity index (χ3n) is 6.17. The number of fused-ring (bicyclic) bond motifs is 1. The number of carboxylic acid groups (broad SMARTS) is 1. The summed E-state index contributed by atoms with van der Waals surface area (Å²) in [4.78, 5) is 25.6. The number of hydrogen-bond acceptors (Lipinski definition) is 4. The number of aliphatic carboxylic acids is 1. The highest BCUT2D eigenvalue weighted by atomic mass is 32.2. The topological polar surface area (TPSA) is 95.0 Å². The van der Waals surface area contributed by atoms with Crippen molar-refractivity contribution >= 4 is 21.9 Å². The van der Waals surface area contributed by atoms with E-state index in [1.165, 1.54) is 9.87 Å². The average Bonchev–Trinajstić information content (AvgIpc) is 3.08. The molecule has 1 saturated carbocycles. The fourth-order valence-corrected chi connectivity index (χ4v) is 5.81. The van der Waals surface area contributed by atoms with Crippen molar-refractivity contribution in [2.45, 2.75) is 37.0 Å². The van der Waals surface area contributed by atoms with E-state index in [2.05, 4.69) is 0 Å². The van der Waals surface area contributed by atoms with Crippen molar-refractivity contribution in [1.82, 2.24) is 9.21 Å². The number of rotatable bonds is 4. The third-order valence-corrected chi connectivity index (χ3v) is 8.06. The molecule has 1 saturated heterocycles. The molecule has 4 rings (SSSR count). The van der Waals surface area contributed by atoms with E-state index in [1.54, 1.807) is 17.0 Å². The molecular formula is C19H24N2O5S. The van der Waals surface area contributed by atoms with Gasteiger partial charge in [-0.2, -0.15) is 4.31 Å². The summed E-state index contributed by atoms with van der Waals surface area (Å²) in [5, 5.41) is 9.13. The Balaban J connectivity index is 1.41. The molecule has 1 N–H and O–H groups in total. The van der Waals surface area contributed by atoms with Gasteiger partial charge in [-0.1, -0.05) is 6.07 Å². The molecule has 1 aromatic carbocycles. The Labute approximate surface area is 159 Å². The second-order valence-corrected chi connectivity index (χ2v) is 9.58. The Hall–Kier alpha value is -1.93. The zero-order valence-corrected chi connectivity index (χ0v) is 16.0. The highest BCUT2D eigenvalue weighted by Crippen LogP contribution is 2.36. The van der Waals surface area contributed by atoms with Crippen LogP contribution < -0.4 is 0 Å². The van der Waals surface area contributed by atoms with Crippen LogP contribution in [0.4, 0.5) is 0 Å². The number of sulfonamides is 1. The molecule has 1 aromatic rings. The molecule has 2 fully saturated rings. The molecule has 1 aliphatic heterocycles. The van der Waals surface area contributed by atoms with E-state index in [9.17, 15) is 18.0 Å². The molecule has 7 nitrogen and oxygen atoms in total. The zero-order valence-electron chi connectivity index (χ0n) is 15.1. The molecule has 2 unspecified atom stereocenters. The second kappa shape index (κ2) is 6.91. The molecule has 27 heavy (non-hydrogen) atoms. The maximum Gasteiger partial charge on any atom is 0.307 e. The van der Waals surface area contributed by atoms with Crippen molar-refractivity contribution in [2.75, 3.05) is 26.2 Å². The quantitative estimate of drug-likeness (QED) is 0.829. The van der Waals surface area contributed by atoms with Crippen LogP contribution in [0.3, 0.4) is 0 Å². The van der Waals surface area contributed by atoms with Crippen LogP contribution >= 0.6 is 0 Å². The van der Waals surface area contributed by atoms with Crippen molar-refractivity contribution in [3.8, 4) is 0 Å². The third kappa shape index (κ3) is 3.25. The van der Waals surface area contributed by atoms with Gasteiger partial charge in [0.15, 0.2) is 0 Å². The van der Waals surface area contributed by atoms with Crippen molar-refractivity contribution in [2.24, 2.45) is 11.8 Å². The van der Waals surface area contributed by atoms with Crippen molar-refractivity contribution in [3.05, 3.63) is 29.3 Å². The van der Waals surface area contributed by atoms with Crippen molar-refractivity contribution < 1.29 is 23.1 Å². The van der Waals surface area contributed by atoms with Crippen LogP contribution in [0, 0.1) is 11.8 Å². The number of amides is 1. The molecule has 2 aliphatic carbocycles. The van der Waals surface area contributed by atoms with Crippen LogP contribution in [-0.2, 0) is 32.5 Å². The van der Waals surface area contributed by atoms with Gasteiger partial charge in [-0.05, 0) is 55.4 Å². The van der Waals surface area contributed by atoms with E-state index in [0.29, 0.717) is 30.8 Å². The summed E-state index contributed by atoms with van der Waals surface area (Å²) in [5.74, 6) is -2.12. The monoisotopic (exact) mass is 392 g/mol. The summed E-state index contributed by atoms with van der Waals surface area (Å²) >= 11 is 0. The highest BCUT2D eigenvalue weighted by molar-refractivity contribution is 7.89. The number of aryl methyl sites for hydroxylation is 2. The summed E-state index contributed by atoms with van der Waals surface area (Å²) in [6, 6.07) is 5.39. The number of nitrogens with zero attached hydrogens (tertiary/aromatic N) is 2. The summed E-state index contributed by atoms with van der Waals surface area (Å²) in [6.45, 7) is 1.11. The molecule has 146 valence electrons. The molecule has 0 spiro atoms. The van der Waals surface area contributed by atoms with Gasteiger partial charge in [0.25, 0.3) is 0 Å². The Morgan fingerprint density at radius 2 is 1.63 bits per heavy atom. The number of carbonyl (C=O) groups is 2. The smallest absolute Gasteiger partial charge is 0.307 e. The van der Waals surface area contributed by atoms with E-state index in [1.807, 2.05) is 6.07 Å². The largest absolute Gasteiger partial charge is 0.481 e. The van der Waals surface area contributed by atoms with Gasteiger partial charge in [-0.25, -0.2) is 8.42 Å². The highest BCUT2D eigenvalue weighted by Gasteiger charge is 2.44. The van der Waals surface area contributed by atoms with Gasteiger partial charge in [-0.3, -0.25) is 9.59 Å². The first kappa shape index (κ1) is 18.4. The molecule has 1 heterocycles. The van der Waals surface area contributed by atoms with Crippen molar-refractivity contribution in [1.29, 1.82) is 0 Å². The normalized spacial score (nSPS) is 25.7. The van der Waals surface area contributed by atoms with E-state index in [4.69, 9.17) is 5.11 Å². The SMILES string of the molecule is O=C(O)C1CCC1C(=O)N1CCN(S(=O)(=O)c2ccc3c(c2)CCC3)CC1. The first-order chi connectivity index (χ1) is 12.9. The molecule has 0 aromatic heterocycles. The van der Waals surface area contributed by atoms with E-state index in [0.717, 1.165) is 24.8 Å². The standard InChI is InChI=1S/C19H24N2O5S/c22-18(16-6-7-17(16)19(23)24)20-8-10-21(11-9-20)27(25,26)15-5-4-13-2-1-3-14(13)12-15/h4-5,12,16-17H,1-3,6-11H2,(H,23,24). The Morgan fingerprint density at radius 1 is 0.963 bits per heavy atom. The minimum absolute atomic E-state index is 0.150. The molecule has 3 aliphatic rings. The minimum atomic E-state index is -3.57. The average molecular weight is 392 g/mol. The van der Waals surface area contributed by atoms with Gasteiger partial charge in [0.2, 0.25) is 15.9 Å². The van der Waals surface area contributed by atoms with Crippen LogP contribution in [0.1, 0.15) is 30.4 Å². The second-order valence-electron chi connectivity index (χ2n) is 7.64. The van der Waals surface area contributed by atoms with E-state index in [-0.39, 0.29) is 19.0 Å². The molecular weight excluding hydrogens is 368 g/mol. The van der Waals surface area contributed by atoms with Gasteiger partial charge in [0.1, 0.15) is 0 Å². The lowest BCUT2D eigenvalue weighted by Gasteiger charge is -2.40. The number of benzene rings is 1. The van der Waals surface area contributed by atoms with E-state index >= 15 is 0 Å². The van der Waals surface area contributed by atoms with Gasteiger partial charge >= 0.3 is 5.97 Å². The van der Waals surface area contributed by atoms with Crippen LogP contribution in [0.25, 0.3) is 0 Å². The first-order valence-electron chi connectivity index (χ1n) is 9.51. The fraction of sp³-hybridized carbons (Fsp3) is 0.579. The van der Waals surface area contributed by atoms with Gasteiger partial charge < -0.3 is 10.0 Å². The summed E-state index contributed by atoms with van der Waals surface area (Å²) in [7, 11) is -3.57. The Bertz CT molecular complexity index is 874. The maximum absolute atomic E-state index is 13.0. The predicted octanol–water partition coefficient (Wildman–Crippen LogP) is 1.12. The van der Waals surface area contributed by atoms with Gasteiger partial charge in [0.05, 0.1) is 16.7 Å². The lowest BCUT2D eigenvalue weighted by Crippen LogP contribution is -2.54. The molecule has 0 radical (unpaired) electrons. The first-order valence-corrected chi connectivity index (χ1v) is 11.0. The fourth-order valence-electron chi connectivity index (χ4n) is 4.33. The minimum Gasteiger partial charge on any atom is -0.481 e. The van der Waals surface area contributed by atoms with Crippen LogP contribution in [-0.4, -0.2) is 60.8 Å².